The maximum Gasteiger partial charge on any atom is 2.00 e. The number of hydrogen-bond acceptors (Lipinski definition) is 12. The Bertz CT molecular complexity index is 1760. The second-order valence-electron chi connectivity index (χ2n) is 13.1. The van der Waals surface area contributed by atoms with Gasteiger partial charge in [-0.2, -0.15) is 0 Å². The molecule has 12 nitrogen and oxygen atoms in total. The molecule has 5 rings (SSSR count). The molecule has 14 heteroatoms. The van der Waals surface area contributed by atoms with Crippen LogP contribution in [-0.4, -0.2) is 116 Å². The summed E-state index contributed by atoms with van der Waals surface area (Å²) in [5.41, 5.74) is 4.33. The smallest absolute Gasteiger partial charge is 1.00 e. The molecular weight excluding hydrogens is 807 g/mol. The molecule has 0 heterocycles. The summed E-state index contributed by atoms with van der Waals surface area (Å²) >= 11 is 0. The van der Waals surface area contributed by atoms with Crippen LogP contribution in [0.2, 0.25) is 0 Å². The third-order valence-corrected chi connectivity index (χ3v) is 9.38. The number of rotatable bonds is 22. The Morgan fingerprint density at radius 3 is 1.34 bits per heavy atom. The summed E-state index contributed by atoms with van der Waals surface area (Å²) in [6.07, 6.45) is 7.07. The van der Waals surface area contributed by atoms with Gasteiger partial charge in [-0.25, -0.2) is 0 Å². The SMILES string of the molecule is COCCOCCOc1ccccc1-c1cc(C=NC2CCCCC2N=Cc2cc(-c3ccccc3OCCOCCOC)cc(OC)c2O)c(O)c(OC)c1.[Cl-].[Mn+2]. The van der Waals surface area contributed by atoms with Crippen LogP contribution in [0.4, 0.5) is 0 Å². The molecule has 1 radical (unpaired) electrons. The van der Waals surface area contributed by atoms with Gasteiger partial charge in [0.05, 0.1) is 65.9 Å². The van der Waals surface area contributed by atoms with Crippen LogP contribution in [0.25, 0.3) is 22.3 Å². The van der Waals surface area contributed by atoms with E-state index < -0.39 is 0 Å². The molecule has 58 heavy (non-hydrogen) atoms. The molecule has 0 aromatic heterocycles. The number of nitrogens with zero attached hydrogens (tertiary/aromatic N) is 2. The van der Waals surface area contributed by atoms with Crippen molar-refractivity contribution in [2.75, 3.05) is 81.3 Å². The molecule has 0 saturated heterocycles. The fraction of sp³-hybridized carbons (Fsp3) is 0.409. The Morgan fingerprint density at radius 2 is 0.948 bits per heavy atom. The van der Waals surface area contributed by atoms with Crippen molar-refractivity contribution in [2.24, 2.45) is 9.98 Å². The van der Waals surface area contributed by atoms with Crippen molar-refractivity contribution < 1.29 is 77.6 Å². The molecule has 1 aliphatic rings. The first kappa shape index (κ1) is 48.0. The van der Waals surface area contributed by atoms with E-state index >= 15 is 0 Å². The first-order chi connectivity index (χ1) is 27.5. The van der Waals surface area contributed by atoms with E-state index in [0.29, 0.717) is 87.0 Å². The molecule has 2 unspecified atom stereocenters. The third-order valence-electron chi connectivity index (χ3n) is 9.38. The second kappa shape index (κ2) is 25.9. The molecule has 0 bridgehead atoms. The quantitative estimate of drug-likeness (QED) is 0.0666. The molecule has 1 fully saturated rings. The van der Waals surface area contributed by atoms with Crippen LogP contribution in [0.1, 0.15) is 36.8 Å². The van der Waals surface area contributed by atoms with Gasteiger partial charge < -0.3 is 60.5 Å². The van der Waals surface area contributed by atoms with E-state index in [-0.39, 0.29) is 53.1 Å². The van der Waals surface area contributed by atoms with Crippen LogP contribution >= 0.6 is 0 Å². The van der Waals surface area contributed by atoms with Crippen molar-refractivity contribution in [3.8, 4) is 56.8 Å². The molecule has 1 saturated carbocycles. The van der Waals surface area contributed by atoms with Crippen molar-refractivity contribution in [1.29, 1.82) is 0 Å². The zero-order valence-electron chi connectivity index (χ0n) is 33.5. The number of methoxy groups -OCH3 is 4. The van der Waals surface area contributed by atoms with Gasteiger partial charge in [-0.1, -0.05) is 49.2 Å². The van der Waals surface area contributed by atoms with Gasteiger partial charge >= 0.3 is 17.1 Å². The van der Waals surface area contributed by atoms with Gasteiger partial charge in [-0.15, -0.1) is 0 Å². The van der Waals surface area contributed by atoms with Crippen molar-refractivity contribution >= 4 is 12.4 Å². The van der Waals surface area contributed by atoms with E-state index in [9.17, 15) is 10.2 Å². The Labute approximate surface area is 358 Å². The van der Waals surface area contributed by atoms with E-state index in [1.165, 1.54) is 14.2 Å². The van der Waals surface area contributed by atoms with Crippen molar-refractivity contribution in [2.45, 2.75) is 37.8 Å². The number of para-hydroxylation sites is 2. The largest absolute Gasteiger partial charge is 2.00 e. The Hall–Kier alpha value is -4.33. The first-order valence-corrected chi connectivity index (χ1v) is 18.9. The predicted molar refractivity (Wildman–Crippen MR) is 218 cm³/mol. The van der Waals surface area contributed by atoms with E-state index in [2.05, 4.69) is 0 Å². The van der Waals surface area contributed by atoms with Crippen molar-refractivity contribution in [3.05, 3.63) is 83.9 Å². The molecule has 0 aliphatic heterocycles. The van der Waals surface area contributed by atoms with Gasteiger partial charge in [0, 0.05) is 48.9 Å². The van der Waals surface area contributed by atoms with Gasteiger partial charge in [0.25, 0.3) is 0 Å². The zero-order valence-corrected chi connectivity index (χ0v) is 35.5. The number of aliphatic imine (C=N–C) groups is 2. The third kappa shape index (κ3) is 13.6. The summed E-state index contributed by atoms with van der Waals surface area (Å²) in [6.45, 7) is 3.63. The molecule has 4 aromatic rings. The monoisotopic (exact) mass is 860 g/mol. The van der Waals surface area contributed by atoms with E-state index in [4.69, 9.17) is 47.9 Å². The average molecular weight is 861 g/mol. The molecule has 4 aromatic carbocycles. The molecule has 2 atom stereocenters. The van der Waals surface area contributed by atoms with E-state index in [1.54, 1.807) is 38.8 Å². The summed E-state index contributed by atoms with van der Waals surface area (Å²) in [5, 5.41) is 22.3. The number of aromatic hydroxyl groups is 2. The number of phenols is 2. The van der Waals surface area contributed by atoms with E-state index in [1.807, 2.05) is 60.7 Å². The maximum atomic E-state index is 11.2. The van der Waals surface area contributed by atoms with Crippen LogP contribution < -0.4 is 31.4 Å². The first-order valence-electron chi connectivity index (χ1n) is 18.9. The number of phenolic OH excluding ortho intramolecular Hbond substituents is 2. The normalized spacial score (nSPS) is 15.2. The molecule has 313 valence electrons. The number of halogens is 1. The van der Waals surface area contributed by atoms with Crippen molar-refractivity contribution in [1.82, 2.24) is 0 Å². The van der Waals surface area contributed by atoms with Gasteiger partial charge in [0.15, 0.2) is 23.0 Å². The fourth-order valence-electron chi connectivity index (χ4n) is 6.44. The van der Waals surface area contributed by atoms with Crippen LogP contribution in [0, 0.1) is 0 Å². The molecule has 2 N–H and O–H groups in total. The summed E-state index contributed by atoms with van der Waals surface area (Å²) < 4.78 is 44.5. The predicted octanol–water partition coefficient (Wildman–Crippen LogP) is 4.38. The minimum atomic E-state index is -0.143. The summed E-state index contributed by atoms with van der Waals surface area (Å²) in [4.78, 5) is 9.95. The summed E-state index contributed by atoms with van der Waals surface area (Å²) in [5.74, 6) is 2.01. The fourth-order valence-corrected chi connectivity index (χ4v) is 6.44. The standard InChI is InChI=1S/C44H54N2O10.ClH.Mn/c1-49-17-19-53-21-23-55-39-15-9-5-11-35(39)31-25-33(43(47)41(27-31)51-3)29-45-37-13-7-8-14-38(37)46-30-34-26-32(28-42(52-4)44(34)48)36-12-6-10-16-40(36)56-24-22-54-20-18-50-2;;/h5-6,9-12,15-16,25-30,37-38,47-48H,7-8,13-14,17-24H2,1-4H3;1H;/q;;+2/p-1. The Balaban J connectivity index is 0.00000450. The van der Waals surface area contributed by atoms with Gasteiger partial charge in [-0.3, -0.25) is 9.98 Å². The minimum absolute atomic E-state index is 0. The van der Waals surface area contributed by atoms with Gasteiger partial charge in [0.2, 0.25) is 0 Å². The van der Waals surface area contributed by atoms with Gasteiger partial charge in [-0.05, 0) is 60.4 Å². The van der Waals surface area contributed by atoms with Gasteiger partial charge in [0.1, 0.15) is 24.7 Å². The molecular formula is C44H54ClMnN2O10+. The summed E-state index contributed by atoms with van der Waals surface area (Å²) in [6, 6.07) is 22.5. The topological polar surface area (TPSA) is 139 Å². The van der Waals surface area contributed by atoms with Crippen LogP contribution in [0.5, 0.6) is 34.5 Å². The maximum absolute atomic E-state index is 11.2. The number of benzene rings is 4. The molecule has 1 aliphatic carbocycles. The Morgan fingerprint density at radius 1 is 0.552 bits per heavy atom. The zero-order chi connectivity index (χ0) is 39.5. The Kier molecular flexibility index (Phi) is 21.5. The molecule has 0 spiro atoms. The van der Waals surface area contributed by atoms with E-state index in [0.717, 1.165) is 47.9 Å². The van der Waals surface area contributed by atoms with Crippen LogP contribution in [-0.2, 0) is 36.0 Å². The van der Waals surface area contributed by atoms with Crippen LogP contribution in [0.15, 0.2) is 82.8 Å². The number of hydrogen-bond donors (Lipinski definition) is 2. The van der Waals surface area contributed by atoms with Crippen molar-refractivity contribution in [3.63, 3.8) is 0 Å². The number of ether oxygens (including phenoxy) is 8. The second-order valence-corrected chi connectivity index (χ2v) is 13.1. The molecule has 0 amide bonds. The summed E-state index contributed by atoms with van der Waals surface area (Å²) in [7, 11) is 6.32. The average Bonchev–Trinajstić information content (AvgIpc) is 3.23. The van der Waals surface area contributed by atoms with Crippen LogP contribution in [0.3, 0.4) is 0 Å². The minimum Gasteiger partial charge on any atom is -1.00 e.